The van der Waals surface area contributed by atoms with Crippen LogP contribution in [-0.4, -0.2) is 15.6 Å². The topological polar surface area (TPSA) is 60.9 Å². The van der Waals surface area contributed by atoms with Crippen molar-refractivity contribution in [1.29, 1.82) is 0 Å². The van der Waals surface area contributed by atoms with E-state index in [0.717, 1.165) is 0 Å². The smallest absolute Gasteiger partial charge is 0.226 e. The number of hydrogen-bond acceptors (Lipinski definition) is 3. The summed E-state index contributed by atoms with van der Waals surface area (Å²) in [5, 5.41) is 3.87. The Kier molecular flexibility index (Phi) is 2.26. The molecule has 0 aromatic carbocycles. The van der Waals surface area contributed by atoms with E-state index in [1.807, 2.05) is 5.92 Å². The van der Waals surface area contributed by atoms with Crippen LogP contribution in [0.2, 0.25) is 0 Å². The molecular formula is C8H9N3O. The number of terminal acetylenes is 1. The van der Waals surface area contributed by atoms with Crippen molar-refractivity contribution >= 4 is 5.78 Å². The molecule has 4 nitrogen and oxygen atoms in total. The highest BCUT2D eigenvalue weighted by molar-refractivity contribution is 5.99. The van der Waals surface area contributed by atoms with Gasteiger partial charge in [-0.1, -0.05) is 0 Å². The molecule has 1 aromatic heterocycles. The average molecular weight is 163 g/mol. The van der Waals surface area contributed by atoms with E-state index in [0.29, 0.717) is 5.56 Å². The minimum Gasteiger partial charge on any atom is -0.317 e. The first-order valence-corrected chi connectivity index (χ1v) is 3.39. The standard InChI is InChI=1S/C8H9N3O/c1-3-7(12)8(9)6-4-10-11(2)5-6/h1,4-5,8H,9H2,2H3. The quantitative estimate of drug-likeness (QED) is 0.477. The van der Waals surface area contributed by atoms with Gasteiger partial charge in [0.2, 0.25) is 5.78 Å². The molecule has 2 N–H and O–H groups in total. The SMILES string of the molecule is C#CC(=O)C(N)c1cnn(C)c1. The molecule has 0 bridgehead atoms. The molecule has 0 amide bonds. The van der Waals surface area contributed by atoms with Crippen LogP contribution in [0.1, 0.15) is 11.6 Å². The number of aromatic nitrogens is 2. The summed E-state index contributed by atoms with van der Waals surface area (Å²) >= 11 is 0. The van der Waals surface area contributed by atoms with E-state index in [2.05, 4.69) is 5.10 Å². The van der Waals surface area contributed by atoms with Gasteiger partial charge >= 0.3 is 0 Å². The number of nitrogens with two attached hydrogens (primary N) is 1. The zero-order chi connectivity index (χ0) is 9.14. The van der Waals surface area contributed by atoms with Crippen molar-refractivity contribution in [3.63, 3.8) is 0 Å². The second-order valence-corrected chi connectivity index (χ2v) is 2.43. The van der Waals surface area contributed by atoms with Gasteiger partial charge in [-0.3, -0.25) is 9.48 Å². The van der Waals surface area contributed by atoms with Crippen molar-refractivity contribution in [2.75, 3.05) is 0 Å². The number of carbonyl (C=O) groups is 1. The second-order valence-electron chi connectivity index (χ2n) is 2.43. The zero-order valence-electron chi connectivity index (χ0n) is 6.69. The Bertz CT molecular complexity index is 334. The molecular weight excluding hydrogens is 154 g/mol. The second kappa shape index (κ2) is 3.20. The number of nitrogens with zero attached hydrogens (tertiary/aromatic N) is 2. The van der Waals surface area contributed by atoms with Crippen molar-refractivity contribution < 1.29 is 4.79 Å². The van der Waals surface area contributed by atoms with Gasteiger partial charge in [-0.2, -0.15) is 5.10 Å². The number of rotatable bonds is 2. The summed E-state index contributed by atoms with van der Waals surface area (Å²) in [5.41, 5.74) is 6.16. The Balaban J connectivity index is 2.86. The molecule has 0 aliphatic carbocycles. The third-order valence-electron chi connectivity index (χ3n) is 1.51. The monoisotopic (exact) mass is 163 g/mol. The maximum atomic E-state index is 10.9. The highest BCUT2D eigenvalue weighted by Crippen LogP contribution is 2.08. The van der Waals surface area contributed by atoms with Crippen LogP contribution >= 0.6 is 0 Å². The largest absolute Gasteiger partial charge is 0.317 e. The first-order valence-electron chi connectivity index (χ1n) is 3.39. The number of Topliss-reactive ketones (excluding diaryl/α,β-unsaturated/α-hetero) is 1. The Hall–Kier alpha value is -1.60. The lowest BCUT2D eigenvalue weighted by molar-refractivity contribution is -0.115. The average Bonchev–Trinajstić information content (AvgIpc) is 2.49. The first-order chi connectivity index (χ1) is 5.65. The van der Waals surface area contributed by atoms with Gasteiger partial charge in [-0.15, -0.1) is 6.42 Å². The molecule has 0 spiro atoms. The number of ketones is 1. The number of carbonyl (C=O) groups excluding carboxylic acids is 1. The van der Waals surface area contributed by atoms with E-state index in [4.69, 9.17) is 12.2 Å². The van der Waals surface area contributed by atoms with Crippen molar-refractivity contribution in [1.82, 2.24) is 9.78 Å². The van der Waals surface area contributed by atoms with Gasteiger partial charge in [0, 0.05) is 18.8 Å². The molecule has 0 fully saturated rings. The van der Waals surface area contributed by atoms with Crippen molar-refractivity contribution in [3.8, 4) is 12.3 Å². The van der Waals surface area contributed by atoms with Gasteiger partial charge in [-0.25, -0.2) is 0 Å². The van der Waals surface area contributed by atoms with E-state index < -0.39 is 11.8 Å². The first kappa shape index (κ1) is 8.50. The van der Waals surface area contributed by atoms with Gasteiger partial charge < -0.3 is 5.73 Å². The number of hydrogen-bond donors (Lipinski definition) is 1. The summed E-state index contributed by atoms with van der Waals surface area (Å²) in [7, 11) is 1.75. The van der Waals surface area contributed by atoms with E-state index in [-0.39, 0.29) is 0 Å². The Morgan fingerprint density at radius 3 is 3.00 bits per heavy atom. The lowest BCUT2D eigenvalue weighted by Gasteiger charge is -2.01. The summed E-state index contributed by atoms with van der Waals surface area (Å²) in [6.45, 7) is 0. The minimum atomic E-state index is -0.747. The van der Waals surface area contributed by atoms with E-state index in [1.165, 1.54) is 6.20 Å². The molecule has 1 unspecified atom stereocenters. The van der Waals surface area contributed by atoms with Gasteiger partial charge in [0.15, 0.2) is 0 Å². The molecule has 4 heteroatoms. The summed E-state index contributed by atoms with van der Waals surface area (Å²) < 4.78 is 1.57. The van der Waals surface area contributed by atoms with Crippen molar-refractivity contribution in [3.05, 3.63) is 18.0 Å². The van der Waals surface area contributed by atoms with Gasteiger partial charge in [0.05, 0.1) is 6.20 Å². The van der Waals surface area contributed by atoms with Crippen LogP contribution in [0.15, 0.2) is 12.4 Å². The molecule has 0 aliphatic heterocycles. The maximum Gasteiger partial charge on any atom is 0.226 e. The predicted octanol–water partition coefficient (Wildman–Crippen LogP) is -0.378. The fourth-order valence-electron chi connectivity index (χ4n) is 0.842. The predicted molar refractivity (Wildman–Crippen MR) is 44.0 cm³/mol. The Morgan fingerprint density at radius 2 is 2.58 bits per heavy atom. The fourth-order valence-corrected chi connectivity index (χ4v) is 0.842. The highest BCUT2D eigenvalue weighted by Gasteiger charge is 2.14. The molecule has 12 heavy (non-hydrogen) atoms. The lowest BCUT2D eigenvalue weighted by Crippen LogP contribution is -2.19. The molecule has 0 saturated heterocycles. The number of aryl methyl sites for hydroxylation is 1. The van der Waals surface area contributed by atoms with Crippen molar-refractivity contribution in [2.24, 2.45) is 12.8 Å². The molecule has 0 saturated carbocycles. The third kappa shape index (κ3) is 1.52. The van der Waals surface area contributed by atoms with Crippen LogP contribution in [0.4, 0.5) is 0 Å². The van der Waals surface area contributed by atoms with Gasteiger partial charge in [-0.05, 0) is 5.92 Å². The molecule has 1 heterocycles. The van der Waals surface area contributed by atoms with Gasteiger partial charge in [0.1, 0.15) is 6.04 Å². The fraction of sp³-hybridized carbons (Fsp3) is 0.250. The van der Waals surface area contributed by atoms with Crippen LogP contribution in [0.3, 0.4) is 0 Å². The third-order valence-corrected chi connectivity index (χ3v) is 1.51. The van der Waals surface area contributed by atoms with E-state index in [1.54, 1.807) is 17.9 Å². The normalized spacial score (nSPS) is 12.1. The highest BCUT2D eigenvalue weighted by atomic mass is 16.1. The van der Waals surface area contributed by atoms with E-state index >= 15 is 0 Å². The molecule has 0 aliphatic rings. The molecule has 1 atom stereocenters. The summed E-state index contributed by atoms with van der Waals surface area (Å²) in [6.07, 6.45) is 8.10. The summed E-state index contributed by atoms with van der Waals surface area (Å²) in [6, 6.07) is -0.747. The summed E-state index contributed by atoms with van der Waals surface area (Å²) in [4.78, 5) is 10.9. The molecule has 62 valence electrons. The lowest BCUT2D eigenvalue weighted by atomic mass is 10.1. The van der Waals surface area contributed by atoms with E-state index in [9.17, 15) is 4.79 Å². The van der Waals surface area contributed by atoms with Gasteiger partial charge in [0.25, 0.3) is 0 Å². The molecule has 0 radical (unpaired) electrons. The van der Waals surface area contributed by atoms with Crippen LogP contribution < -0.4 is 5.73 Å². The minimum absolute atomic E-state index is 0.428. The van der Waals surface area contributed by atoms with Crippen LogP contribution in [0.5, 0.6) is 0 Å². The zero-order valence-corrected chi connectivity index (χ0v) is 6.69. The van der Waals surface area contributed by atoms with Crippen LogP contribution in [0, 0.1) is 12.3 Å². The molecule has 1 aromatic rings. The van der Waals surface area contributed by atoms with Crippen molar-refractivity contribution in [2.45, 2.75) is 6.04 Å². The maximum absolute atomic E-state index is 10.9. The Morgan fingerprint density at radius 1 is 1.92 bits per heavy atom. The summed E-state index contributed by atoms with van der Waals surface area (Å²) in [5.74, 6) is 1.54. The molecule has 1 rings (SSSR count). The van der Waals surface area contributed by atoms with Crippen LogP contribution in [-0.2, 0) is 11.8 Å². The Labute approximate surface area is 70.4 Å². The van der Waals surface area contributed by atoms with Crippen LogP contribution in [0.25, 0.3) is 0 Å².